The Morgan fingerprint density at radius 2 is 1.35 bits per heavy atom. The van der Waals surface area contributed by atoms with Crippen molar-refractivity contribution in [2.24, 2.45) is 11.8 Å². The van der Waals surface area contributed by atoms with Crippen LogP contribution in [-0.2, 0) is 17.3 Å². The number of nitrogens with zero attached hydrogens (tertiary/aromatic N) is 2. The second-order valence-electron chi connectivity index (χ2n) is 18.2. The third-order valence-electron chi connectivity index (χ3n) is 14.2. The molecule has 2 heterocycles. The van der Waals surface area contributed by atoms with Crippen molar-refractivity contribution in [3.05, 3.63) is 144 Å². The van der Waals surface area contributed by atoms with E-state index in [0.29, 0.717) is 0 Å². The Hall–Kier alpha value is -4.43. The van der Waals surface area contributed by atoms with Gasteiger partial charge in [-0.05, 0) is 102 Å². The molecule has 0 saturated heterocycles. The fourth-order valence-corrected chi connectivity index (χ4v) is 11.3. The number of hydrogen-bond donors (Lipinski definition) is 0. The molecule has 2 saturated carbocycles. The molecule has 4 aliphatic rings. The monoisotopic (exact) mass is 725 g/mol. The van der Waals surface area contributed by atoms with Crippen LogP contribution in [0.5, 0.6) is 0 Å². The molecule has 282 valence electrons. The van der Waals surface area contributed by atoms with Crippen molar-refractivity contribution in [3.8, 4) is 0 Å². The zero-order chi connectivity index (χ0) is 37.4. The molecular formula is C53H61N2+. The van der Waals surface area contributed by atoms with Crippen LogP contribution >= 0.6 is 0 Å². The van der Waals surface area contributed by atoms with E-state index in [1.54, 1.807) is 0 Å². The Balaban J connectivity index is 1.13. The lowest BCUT2D eigenvalue weighted by molar-refractivity contribution is -0.439. The number of unbranched alkanes of at least 4 members (excludes halogenated alkanes) is 1. The normalized spacial score (nSPS) is 21.9. The van der Waals surface area contributed by atoms with E-state index in [1.807, 2.05) is 0 Å². The highest BCUT2D eigenvalue weighted by Crippen LogP contribution is 2.52. The number of anilines is 1. The van der Waals surface area contributed by atoms with Gasteiger partial charge in [0.1, 0.15) is 6.54 Å². The van der Waals surface area contributed by atoms with Crippen LogP contribution in [0.1, 0.15) is 115 Å². The summed E-state index contributed by atoms with van der Waals surface area (Å²) in [6.45, 7) is 9.61. The maximum atomic E-state index is 2.73. The first-order valence-corrected chi connectivity index (χ1v) is 21.8. The standard InChI is InChI=1S/C53H61N2/c1-52(2)49(55(35-33-40-20-9-10-21-40)47-32-31-42-25-13-14-28-45(42)51(47)52)29-17-30-50-53(3,38-41-23-5-4-6-24-41)46-36-43-26-11-12-27-44(43)37-48(46)54(50)34-16-15-22-39-18-7-8-19-39/h4-6,11-14,17,23-32,36-37,39-40H,7-10,15-16,18-22,33-35,38H2,1-3H3/q+1. The smallest absolute Gasteiger partial charge is 0.210 e. The number of benzene rings is 5. The number of fused-ring (bicyclic) bond motifs is 5. The van der Waals surface area contributed by atoms with E-state index in [0.717, 1.165) is 31.3 Å². The summed E-state index contributed by atoms with van der Waals surface area (Å²) in [5.74, 6) is 1.80. The summed E-state index contributed by atoms with van der Waals surface area (Å²) in [5, 5.41) is 5.41. The summed E-state index contributed by atoms with van der Waals surface area (Å²) in [4.78, 5) is 2.73. The predicted octanol–water partition coefficient (Wildman–Crippen LogP) is 13.8. The summed E-state index contributed by atoms with van der Waals surface area (Å²) in [5.41, 5.74) is 9.78. The van der Waals surface area contributed by atoms with E-state index in [9.17, 15) is 0 Å². The van der Waals surface area contributed by atoms with E-state index in [2.05, 4.69) is 152 Å². The molecule has 0 bridgehead atoms. The van der Waals surface area contributed by atoms with Gasteiger partial charge < -0.3 is 4.90 Å². The van der Waals surface area contributed by atoms with Crippen LogP contribution in [0.15, 0.2) is 127 Å². The van der Waals surface area contributed by atoms with E-state index in [4.69, 9.17) is 0 Å². The number of hydrogen-bond acceptors (Lipinski definition) is 1. The molecule has 2 aliphatic carbocycles. The third kappa shape index (κ3) is 6.89. The molecule has 9 rings (SSSR count). The summed E-state index contributed by atoms with van der Waals surface area (Å²) in [6.07, 6.45) is 25.0. The fourth-order valence-electron chi connectivity index (χ4n) is 11.3. The van der Waals surface area contributed by atoms with Crippen molar-refractivity contribution in [1.82, 2.24) is 0 Å². The predicted molar refractivity (Wildman–Crippen MR) is 235 cm³/mol. The molecular weight excluding hydrogens is 665 g/mol. The highest BCUT2D eigenvalue weighted by atomic mass is 15.2. The third-order valence-corrected chi connectivity index (χ3v) is 14.2. The highest BCUT2D eigenvalue weighted by Gasteiger charge is 2.46. The SMILES string of the molecule is CC1(C)C(/C=C/C=C2/N(CCCCC3CCCC3)c3cc4ccccc4cc3C2(C)Cc2ccccc2)=[N+](CCC2CCCC2)c2ccc3ccccc3c21. The molecule has 2 nitrogen and oxygen atoms in total. The molecule has 0 aromatic heterocycles. The lowest BCUT2D eigenvalue weighted by atomic mass is 9.75. The second kappa shape index (κ2) is 15.2. The highest BCUT2D eigenvalue weighted by molar-refractivity contribution is 6.07. The van der Waals surface area contributed by atoms with E-state index < -0.39 is 0 Å². The molecule has 0 radical (unpaired) electrons. The van der Waals surface area contributed by atoms with Gasteiger partial charge in [0.05, 0.1) is 5.41 Å². The van der Waals surface area contributed by atoms with Gasteiger partial charge in [-0.3, -0.25) is 0 Å². The topological polar surface area (TPSA) is 6.25 Å². The minimum Gasteiger partial charge on any atom is -0.344 e. The van der Waals surface area contributed by atoms with Gasteiger partial charge in [0.2, 0.25) is 5.69 Å². The lowest BCUT2D eigenvalue weighted by Crippen LogP contribution is -2.31. The quantitative estimate of drug-likeness (QED) is 0.0917. The van der Waals surface area contributed by atoms with Crippen molar-refractivity contribution in [2.75, 3.05) is 18.0 Å². The Labute approximate surface area is 330 Å². The molecule has 2 fully saturated rings. The van der Waals surface area contributed by atoms with Crippen molar-refractivity contribution in [3.63, 3.8) is 0 Å². The first-order chi connectivity index (χ1) is 26.9. The zero-order valence-electron chi connectivity index (χ0n) is 33.7. The van der Waals surface area contributed by atoms with Crippen LogP contribution in [0, 0.1) is 11.8 Å². The van der Waals surface area contributed by atoms with Gasteiger partial charge in [-0.2, -0.15) is 4.58 Å². The molecule has 0 N–H and O–H groups in total. The van der Waals surface area contributed by atoms with Crippen LogP contribution in [0.25, 0.3) is 21.5 Å². The minimum absolute atomic E-state index is 0.107. The summed E-state index contributed by atoms with van der Waals surface area (Å²) in [7, 11) is 0. The summed E-state index contributed by atoms with van der Waals surface area (Å²) >= 11 is 0. The van der Waals surface area contributed by atoms with Gasteiger partial charge >= 0.3 is 0 Å². The molecule has 2 aliphatic heterocycles. The molecule has 55 heavy (non-hydrogen) atoms. The molecule has 0 spiro atoms. The van der Waals surface area contributed by atoms with Crippen molar-refractivity contribution < 1.29 is 4.58 Å². The first kappa shape index (κ1) is 36.2. The van der Waals surface area contributed by atoms with Crippen molar-refractivity contribution >= 4 is 38.6 Å². The molecule has 2 heteroatoms. The Kier molecular flexibility index (Phi) is 10.0. The maximum Gasteiger partial charge on any atom is 0.210 e. The molecule has 5 aromatic rings. The molecule has 5 aromatic carbocycles. The van der Waals surface area contributed by atoms with Crippen LogP contribution in [-0.4, -0.2) is 23.4 Å². The molecule has 1 atom stereocenters. The van der Waals surface area contributed by atoms with Crippen LogP contribution in [0.2, 0.25) is 0 Å². The van der Waals surface area contributed by atoms with Gasteiger partial charge in [-0.1, -0.05) is 149 Å². The Bertz CT molecular complexity index is 2260. The van der Waals surface area contributed by atoms with Crippen molar-refractivity contribution in [1.29, 1.82) is 0 Å². The van der Waals surface area contributed by atoms with Crippen LogP contribution in [0.3, 0.4) is 0 Å². The number of rotatable bonds is 12. The van der Waals surface area contributed by atoms with Gasteiger partial charge in [0.25, 0.3) is 0 Å². The first-order valence-electron chi connectivity index (χ1n) is 21.8. The minimum atomic E-state index is -0.159. The Morgan fingerprint density at radius 1 is 0.691 bits per heavy atom. The van der Waals surface area contributed by atoms with Crippen LogP contribution < -0.4 is 4.90 Å². The molecule has 0 amide bonds. The summed E-state index contributed by atoms with van der Waals surface area (Å²) in [6, 6.07) is 39.0. The average molecular weight is 726 g/mol. The molecule has 1 unspecified atom stereocenters. The second-order valence-corrected chi connectivity index (χ2v) is 18.2. The fraction of sp³-hybridized carbons (Fsp3) is 0.415. The Morgan fingerprint density at radius 3 is 2.09 bits per heavy atom. The van der Waals surface area contributed by atoms with E-state index >= 15 is 0 Å². The largest absolute Gasteiger partial charge is 0.344 e. The van der Waals surface area contributed by atoms with Gasteiger partial charge in [-0.25, -0.2) is 0 Å². The van der Waals surface area contributed by atoms with Crippen LogP contribution in [0.4, 0.5) is 11.4 Å². The van der Waals surface area contributed by atoms with Gasteiger partial charge in [-0.15, -0.1) is 0 Å². The van der Waals surface area contributed by atoms with Gasteiger partial charge in [0.15, 0.2) is 5.71 Å². The zero-order valence-corrected chi connectivity index (χ0v) is 33.7. The van der Waals surface area contributed by atoms with Crippen molar-refractivity contribution in [2.45, 2.75) is 115 Å². The van der Waals surface area contributed by atoms with E-state index in [-0.39, 0.29) is 10.8 Å². The lowest BCUT2D eigenvalue weighted by Gasteiger charge is -2.31. The summed E-state index contributed by atoms with van der Waals surface area (Å²) < 4.78 is 2.70. The van der Waals surface area contributed by atoms with E-state index in [1.165, 1.54) is 138 Å². The maximum absolute atomic E-state index is 2.73. The average Bonchev–Trinajstić information content (AvgIpc) is 4.00. The van der Waals surface area contributed by atoms with Gasteiger partial charge in [0, 0.05) is 47.5 Å². The number of allylic oxidation sites excluding steroid dienone is 4.